The SMILES string of the molecule is Cc1ccc(-c2n[nH]c(=O)c3c2[nH]c2ccccc23)o1. The summed E-state index contributed by atoms with van der Waals surface area (Å²) in [5, 5.41) is 8.16. The number of para-hydroxylation sites is 1. The number of furan rings is 1. The third-order valence-corrected chi connectivity index (χ3v) is 3.41. The molecule has 0 atom stereocenters. The van der Waals surface area contributed by atoms with E-state index >= 15 is 0 Å². The highest BCUT2D eigenvalue weighted by atomic mass is 16.3. The van der Waals surface area contributed by atoms with Gasteiger partial charge in [-0.25, -0.2) is 5.10 Å². The van der Waals surface area contributed by atoms with Crippen molar-refractivity contribution in [3.8, 4) is 11.5 Å². The largest absolute Gasteiger partial charge is 0.460 e. The smallest absolute Gasteiger partial charge is 0.274 e. The molecule has 0 radical (unpaired) electrons. The van der Waals surface area contributed by atoms with Gasteiger partial charge >= 0.3 is 0 Å². The van der Waals surface area contributed by atoms with Crippen molar-refractivity contribution in [2.24, 2.45) is 0 Å². The molecular formula is C15H11N3O2. The minimum Gasteiger partial charge on any atom is -0.460 e. The van der Waals surface area contributed by atoms with Gasteiger partial charge in [0, 0.05) is 10.9 Å². The van der Waals surface area contributed by atoms with Crippen LogP contribution in [0.1, 0.15) is 5.76 Å². The summed E-state index contributed by atoms with van der Waals surface area (Å²) >= 11 is 0. The van der Waals surface area contributed by atoms with E-state index in [0.717, 1.165) is 16.7 Å². The molecule has 98 valence electrons. The lowest BCUT2D eigenvalue weighted by molar-refractivity contribution is 0.546. The van der Waals surface area contributed by atoms with Crippen LogP contribution in [0.4, 0.5) is 0 Å². The van der Waals surface area contributed by atoms with E-state index in [1.165, 1.54) is 0 Å². The fourth-order valence-electron chi connectivity index (χ4n) is 2.51. The van der Waals surface area contributed by atoms with Crippen LogP contribution >= 0.6 is 0 Å². The maximum atomic E-state index is 12.1. The molecule has 4 rings (SSSR count). The van der Waals surface area contributed by atoms with Gasteiger partial charge in [-0.1, -0.05) is 18.2 Å². The van der Waals surface area contributed by atoms with Crippen molar-refractivity contribution in [3.05, 3.63) is 52.5 Å². The number of H-pyrrole nitrogens is 2. The van der Waals surface area contributed by atoms with Gasteiger partial charge < -0.3 is 9.40 Å². The number of fused-ring (bicyclic) bond motifs is 3. The van der Waals surface area contributed by atoms with Crippen LogP contribution < -0.4 is 5.56 Å². The monoisotopic (exact) mass is 265 g/mol. The maximum Gasteiger partial charge on any atom is 0.274 e. The fraction of sp³-hybridized carbons (Fsp3) is 0.0667. The number of hydrogen-bond acceptors (Lipinski definition) is 3. The number of nitrogens with one attached hydrogen (secondary N) is 2. The van der Waals surface area contributed by atoms with Gasteiger partial charge in [0.15, 0.2) is 11.5 Å². The third kappa shape index (κ3) is 1.43. The van der Waals surface area contributed by atoms with Crippen molar-refractivity contribution >= 4 is 21.8 Å². The first-order valence-electron chi connectivity index (χ1n) is 6.30. The van der Waals surface area contributed by atoms with Crippen molar-refractivity contribution in [3.63, 3.8) is 0 Å². The molecule has 0 fully saturated rings. The Morgan fingerprint density at radius 2 is 2.00 bits per heavy atom. The van der Waals surface area contributed by atoms with Crippen LogP contribution in [-0.4, -0.2) is 15.2 Å². The van der Waals surface area contributed by atoms with E-state index in [9.17, 15) is 4.79 Å². The highest BCUT2D eigenvalue weighted by Gasteiger charge is 2.16. The molecule has 0 aliphatic heterocycles. The standard InChI is InChI=1S/C15H11N3O2/c1-8-6-7-11(20-8)13-14-12(15(19)18-17-13)9-4-2-3-5-10(9)16-14/h2-7,16H,1H3,(H,18,19). The minimum absolute atomic E-state index is 0.204. The van der Waals surface area contributed by atoms with Crippen LogP contribution in [0, 0.1) is 6.92 Å². The number of aromatic amines is 2. The summed E-state index contributed by atoms with van der Waals surface area (Å²) in [7, 11) is 0. The fourth-order valence-corrected chi connectivity index (χ4v) is 2.51. The lowest BCUT2D eigenvalue weighted by Crippen LogP contribution is -2.08. The normalized spacial score (nSPS) is 11.4. The Labute approximate surface area is 113 Å². The summed E-state index contributed by atoms with van der Waals surface area (Å²) < 4.78 is 5.61. The summed E-state index contributed by atoms with van der Waals surface area (Å²) in [6.45, 7) is 1.87. The molecule has 0 saturated carbocycles. The second-order valence-corrected chi connectivity index (χ2v) is 4.73. The van der Waals surface area contributed by atoms with Crippen LogP contribution in [-0.2, 0) is 0 Å². The molecule has 20 heavy (non-hydrogen) atoms. The lowest BCUT2D eigenvalue weighted by atomic mass is 10.2. The zero-order valence-electron chi connectivity index (χ0n) is 10.7. The van der Waals surface area contributed by atoms with Gasteiger partial charge in [-0.05, 0) is 25.1 Å². The number of aromatic nitrogens is 3. The van der Waals surface area contributed by atoms with Crippen LogP contribution in [0.25, 0.3) is 33.3 Å². The van der Waals surface area contributed by atoms with Crippen LogP contribution in [0.5, 0.6) is 0 Å². The molecule has 0 bridgehead atoms. The number of benzene rings is 1. The van der Waals surface area contributed by atoms with Gasteiger partial charge in [0.2, 0.25) is 0 Å². The van der Waals surface area contributed by atoms with Crippen molar-refractivity contribution < 1.29 is 4.42 Å². The van der Waals surface area contributed by atoms with Crippen LogP contribution in [0.2, 0.25) is 0 Å². The molecule has 0 aliphatic rings. The highest BCUT2D eigenvalue weighted by molar-refractivity contribution is 6.10. The predicted molar refractivity (Wildman–Crippen MR) is 76.7 cm³/mol. The zero-order valence-corrected chi connectivity index (χ0v) is 10.7. The first kappa shape index (κ1) is 11.0. The van der Waals surface area contributed by atoms with E-state index in [4.69, 9.17) is 4.42 Å². The van der Waals surface area contributed by atoms with Crippen molar-refractivity contribution in [1.82, 2.24) is 15.2 Å². The number of nitrogens with zero attached hydrogens (tertiary/aromatic N) is 1. The predicted octanol–water partition coefficient (Wildman–Crippen LogP) is 2.97. The number of aryl methyl sites for hydroxylation is 1. The maximum absolute atomic E-state index is 12.1. The Hall–Kier alpha value is -2.82. The van der Waals surface area contributed by atoms with E-state index in [0.29, 0.717) is 22.4 Å². The van der Waals surface area contributed by atoms with Gasteiger partial charge in [-0.3, -0.25) is 4.79 Å². The number of rotatable bonds is 1. The second-order valence-electron chi connectivity index (χ2n) is 4.73. The Morgan fingerprint density at radius 3 is 2.80 bits per heavy atom. The third-order valence-electron chi connectivity index (χ3n) is 3.41. The molecule has 0 saturated heterocycles. The first-order valence-corrected chi connectivity index (χ1v) is 6.30. The molecular weight excluding hydrogens is 254 g/mol. The summed E-state index contributed by atoms with van der Waals surface area (Å²) in [5.41, 5.74) is 2.02. The summed E-state index contributed by atoms with van der Waals surface area (Å²) in [6, 6.07) is 11.4. The van der Waals surface area contributed by atoms with Crippen molar-refractivity contribution in [2.75, 3.05) is 0 Å². The van der Waals surface area contributed by atoms with E-state index in [-0.39, 0.29) is 5.56 Å². The van der Waals surface area contributed by atoms with Crippen LogP contribution in [0.3, 0.4) is 0 Å². The summed E-state index contributed by atoms with van der Waals surface area (Å²) in [4.78, 5) is 15.3. The quantitative estimate of drug-likeness (QED) is 0.555. The summed E-state index contributed by atoms with van der Waals surface area (Å²) in [6.07, 6.45) is 0. The topological polar surface area (TPSA) is 74.7 Å². The van der Waals surface area contributed by atoms with Gasteiger partial charge in [-0.2, -0.15) is 5.10 Å². The average molecular weight is 265 g/mol. The first-order chi connectivity index (χ1) is 9.74. The van der Waals surface area contributed by atoms with Crippen molar-refractivity contribution in [1.29, 1.82) is 0 Å². The molecule has 2 N–H and O–H groups in total. The Kier molecular flexibility index (Phi) is 2.12. The Morgan fingerprint density at radius 1 is 1.15 bits per heavy atom. The molecule has 5 heteroatoms. The lowest BCUT2D eigenvalue weighted by Gasteiger charge is -1.97. The molecule has 3 heterocycles. The van der Waals surface area contributed by atoms with E-state index in [2.05, 4.69) is 15.2 Å². The van der Waals surface area contributed by atoms with Gasteiger partial charge in [0.25, 0.3) is 5.56 Å². The zero-order chi connectivity index (χ0) is 13.7. The van der Waals surface area contributed by atoms with Gasteiger partial charge in [0.05, 0.1) is 10.9 Å². The molecule has 0 aliphatic carbocycles. The summed E-state index contributed by atoms with van der Waals surface area (Å²) in [5.74, 6) is 1.44. The van der Waals surface area contributed by atoms with Gasteiger partial charge in [0.1, 0.15) is 5.76 Å². The second kappa shape index (κ2) is 3.84. The van der Waals surface area contributed by atoms with Crippen LogP contribution in [0.15, 0.2) is 45.6 Å². The van der Waals surface area contributed by atoms with Gasteiger partial charge in [-0.15, -0.1) is 0 Å². The average Bonchev–Trinajstić information content (AvgIpc) is 3.03. The molecule has 0 amide bonds. The highest BCUT2D eigenvalue weighted by Crippen LogP contribution is 2.29. The molecule has 4 aromatic rings. The minimum atomic E-state index is -0.204. The Balaban J connectivity index is 2.18. The van der Waals surface area contributed by atoms with E-state index in [1.807, 2.05) is 43.3 Å². The number of hydrogen-bond donors (Lipinski definition) is 2. The molecule has 3 aromatic heterocycles. The molecule has 1 aromatic carbocycles. The van der Waals surface area contributed by atoms with Crippen molar-refractivity contribution in [2.45, 2.75) is 6.92 Å². The Bertz CT molecular complexity index is 991. The molecule has 5 nitrogen and oxygen atoms in total. The van der Waals surface area contributed by atoms with E-state index in [1.54, 1.807) is 0 Å². The molecule has 0 unspecified atom stereocenters. The molecule has 0 spiro atoms. The van der Waals surface area contributed by atoms with E-state index < -0.39 is 0 Å².